The van der Waals surface area contributed by atoms with E-state index >= 15 is 0 Å². The van der Waals surface area contributed by atoms with E-state index in [4.69, 9.17) is 11.6 Å². The summed E-state index contributed by atoms with van der Waals surface area (Å²) in [5.74, 6) is -0.147. The molecule has 0 radical (unpaired) electrons. The van der Waals surface area contributed by atoms with Crippen LogP contribution < -0.4 is 0 Å². The minimum absolute atomic E-state index is 0.0405. The number of nitrogens with zero attached hydrogens (tertiary/aromatic N) is 2. The van der Waals surface area contributed by atoms with Gasteiger partial charge in [-0.1, -0.05) is 11.6 Å². The van der Waals surface area contributed by atoms with E-state index in [9.17, 15) is 9.90 Å². The van der Waals surface area contributed by atoms with Crippen molar-refractivity contribution in [3.63, 3.8) is 0 Å². The van der Waals surface area contributed by atoms with Crippen LogP contribution in [0.3, 0.4) is 0 Å². The van der Waals surface area contributed by atoms with Crippen LogP contribution in [0.1, 0.15) is 10.4 Å². The first kappa shape index (κ1) is 13.8. The number of rotatable bonds is 4. The van der Waals surface area contributed by atoms with E-state index in [1.54, 1.807) is 11.9 Å². The van der Waals surface area contributed by atoms with Crippen LogP contribution in [0.4, 0.5) is 0 Å². The molecule has 5 heteroatoms. The van der Waals surface area contributed by atoms with Gasteiger partial charge in [-0.05, 0) is 32.3 Å². The molecule has 0 aliphatic heterocycles. The lowest BCUT2D eigenvalue weighted by molar-refractivity contribution is 0.0786. The molecule has 0 saturated heterocycles. The molecule has 0 aliphatic rings. The third kappa shape index (κ3) is 3.91. The minimum Gasteiger partial charge on any atom is -0.508 e. The van der Waals surface area contributed by atoms with E-state index < -0.39 is 0 Å². The van der Waals surface area contributed by atoms with Crippen molar-refractivity contribution in [2.75, 3.05) is 34.2 Å². The molecule has 1 aromatic carbocycles. The molecular formula is C12H17ClN2O2. The van der Waals surface area contributed by atoms with Gasteiger partial charge in [0.25, 0.3) is 5.91 Å². The van der Waals surface area contributed by atoms with Crippen LogP contribution in [0, 0.1) is 0 Å². The Balaban J connectivity index is 2.78. The summed E-state index contributed by atoms with van der Waals surface area (Å²) in [7, 11) is 5.60. The number of halogens is 1. The zero-order valence-corrected chi connectivity index (χ0v) is 11.0. The number of carbonyl (C=O) groups excluding carboxylic acids is 1. The highest BCUT2D eigenvalue weighted by Gasteiger charge is 2.15. The molecule has 17 heavy (non-hydrogen) atoms. The molecule has 0 atom stereocenters. The standard InChI is InChI=1S/C12H17ClN2O2/c1-14(2)6-7-15(3)12(17)10-8-9(16)4-5-11(10)13/h4-5,8,16H,6-7H2,1-3H3. The highest BCUT2D eigenvalue weighted by atomic mass is 35.5. The predicted octanol–water partition coefficient (Wildman–Crippen LogP) is 1.68. The van der Waals surface area contributed by atoms with Gasteiger partial charge >= 0.3 is 0 Å². The summed E-state index contributed by atoms with van der Waals surface area (Å²) in [5, 5.41) is 9.70. The van der Waals surface area contributed by atoms with E-state index in [-0.39, 0.29) is 11.7 Å². The first-order valence-corrected chi connectivity index (χ1v) is 5.68. The van der Waals surface area contributed by atoms with Crippen LogP contribution in [0.2, 0.25) is 5.02 Å². The molecule has 94 valence electrons. The van der Waals surface area contributed by atoms with Crippen molar-refractivity contribution in [1.82, 2.24) is 9.80 Å². The number of benzene rings is 1. The number of hydrogen-bond acceptors (Lipinski definition) is 3. The molecule has 1 amide bonds. The molecular weight excluding hydrogens is 240 g/mol. The van der Waals surface area contributed by atoms with Crippen molar-refractivity contribution >= 4 is 17.5 Å². The van der Waals surface area contributed by atoms with Crippen molar-refractivity contribution < 1.29 is 9.90 Å². The van der Waals surface area contributed by atoms with Gasteiger partial charge in [0.05, 0.1) is 10.6 Å². The van der Waals surface area contributed by atoms with Gasteiger partial charge in [0.1, 0.15) is 5.75 Å². The second-order valence-corrected chi connectivity index (χ2v) is 4.60. The first-order valence-electron chi connectivity index (χ1n) is 5.30. The van der Waals surface area contributed by atoms with Gasteiger partial charge in [-0.3, -0.25) is 4.79 Å². The smallest absolute Gasteiger partial charge is 0.255 e. The van der Waals surface area contributed by atoms with Crippen molar-refractivity contribution in [2.24, 2.45) is 0 Å². The largest absolute Gasteiger partial charge is 0.508 e. The van der Waals surface area contributed by atoms with Gasteiger partial charge in [0.15, 0.2) is 0 Å². The molecule has 0 aromatic heterocycles. The maximum absolute atomic E-state index is 12.0. The quantitative estimate of drug-likeness (QED) is 0.892. The van der Waals surface area contributed by atoms with E-state index in [0.29, 0.717) is 17.1 Å². The molecule has 0 unspecified atom stereocenters. The maximum atomic E-state index is 12.0. The van der Waals surface area contributed by atoms with Crippen LogP contribution in [-0.4, -0.2) is 55.0 Å². The Morgan fingerprint density at radius 3 is 2.53 bits per heavy atom. The summed E-state index contributed by atoms with van der Waals surface area (Å²) >= 11 is 5.93. The molecule has 0 heterocycles. The Labute approximate surface area is 106 Å². The van der Waals surface area contributed by atoms with Crippen LogP contribution in [0.25, 0.3) is 0 Å². The Morgan fingerprint density at radius 2 is 1.94 bits per heavy atom. The van der Waals surface area contributed by atoms with E-state index in [2.05, 4.69) is 0 Å². The lowest BCUT2D eigenvalue weighted by Crippen LogP contribution is -2.33. The predicted molar refractivity (Wildman–Crippen MR) is 68.6 cm³/mol. The molecule has 1 rings (SSSR count). The molecule has 4 nitrogen and oxygen atoms in total. The average molecular weight is 257 g/mol. The van der Waals surface area contributed by atoms with E-state index in [1.165, 1.54) is 18.2 Å². The molecule has 0 spiro atoms. The van der Waals surface area contributed by atoms with Gasteiger partial charge in [0.2, 0.25) is 0 Å². The normalized spacial score (nSPS) is 10.6. The third-order valence-electron chi connectivity index (χ3n) is 2.41. The number of hydrogen-bond donors (Lipinski definition) is 1. The number of likely N-dealkylation sites (N-methyl/N-ethyl adjacent to an activating group) is 2. The number of phenols is 1. The fourth-order valence-electron chi connectivity index (χ4n) is 1.33. The summed E-state index contributed by atoms with van der Waals surface area (Å²) in [4.78, 5) is 15.6. The second kappa shape index (κ2) is 5.89. The molecule has 0 bridgehead atoms. The van der Waals surface area contributed by atoms with Crippen molar-refractivity contribution in [2.45, 2.75) is 0 Å². The fraction of sp³-hybridized carbons (Fsp3) is 0.417. The van der Waals surface area contributed by atoms with Crippen LogP contribution in [0.5, 0.6) is 5.75 Å². The molecule has 1 aromatic rings. The van der Waals surface area contributed by atoms with Gasteiger partial charge in [-0.15, -0.1) is 0 Å². The summed E-state index contributed by atoms with van der Waals surface area (Å²) in [5.41, 5.74) is 0.327. The van der Waals surface area contributed by atoms with Gasteiger partial charge < -0.3 is 14.9 Å². The molecule has 1 N–H and O–H groups in total. The van der Waals surface area contributed by atoms with Gasteiger partial charge in [0, 0.05) is 20.1 Å². The number of phenolic OH excluding ortho intramolecular Hbond substituents is 1. The van der Waals surface area contributed by atoms with Crippen molar-refractivity contribution in [1.29, 1.82) is 0 Å². The third-order valence-corrected chi connectivity index (χ3v) is 2.74. The second-order valence-electron chi connectivity index (χ2n) is 4.19. The van der Waals surface area contributed by atoms with Crippen LogP contribution in [-0.2, 0) is 0 Å². The molecule has 0 aliphatic carbocycles. The summed E-state index contributed by atoms with van der Waals surface area (Å²) in [6, 6.07) is 4.36. The zero-order chi connectivity index (χ0) is 13.0. The summed E-state index contributed by atoms with van der Waals surface area (Å²) in [6.07, 6.45) is 0. The van der Waals surface area contributed by atoms with Crippen molar-refractivity contribution in [3.8, 4) is 5.75 Å². The SMILES string of the molecule is CN(C)CCN(C)C(=O)c1cc(O)ccc1Cl. The molecule has 0 saturated carbocycles. The minimum atomic E-state index is -0.187. The summed E-state index contributed by atoms with van der Waals surface area (Å²) in [6.45, 7) is 1.39. The van der Waals surface area contributed by atoms with Crippen molar-refractivity contribution in [3.05, 3.63) is 28.8 Å². The Kier molecular flexibility index (Phi) is 4.78. The van der Waals surface area contributed by atoms with Crippen LogP contribution >= 0.6 is 11.6 Å². The maximum Gasteiger partial charge on any atom is 0.255 e. The average Bonchev–Trinajstić information content (AvgIpc) is 2.28. The lowest BCUT2D eigenvalue weighted by Gasteiger charge is -2.20. The topological polar surface area (TPSA) is 43.8 Å². The first-order chi connectivity index (χ1) is 7.91. The highest BCUT2D eigenvalue weighted by Crippen LogP contribution is 2.22. The Morgan fingerprint density at radius 1 is 1.29 bits per heavy atom. The number of amides is 1. The number of aromatic hydroxyl groups is 1. The lowest BCUT2D eigenvalue weighted by atomic mass is 10.2. The highest BCUT2D eigenvalue weighted by molar-refractivity contribution is 6.33. The monoisotopic (exact) mass is 256 g/mol. The van der Waals surface area contributed by atoms with Gasteiger partial charge in [-0.2, -0.15) is 0 Å². The summed E-state index contributed by atoms with van der Waals surface area (Å²) < 4.78 is 0. The van der Waals surface area contributed by atoms with E-state index in [1.807, 2.05) is 19.0 Å². The fourth-order valence-corrected chi connectivity index (χ4v) is 1.53. The number of carbonyl (C=O) groups is 1. The van der Waals surface area contributed by atoms with Gasteiger partial charge in [-0.25, -0.2) is 0 Å². The van der Waals surface area contributed by atoms with Crippen LogP contribution in [0.15, 0.2) is 18.2 Å². The Hall–Kier alpha value is -1.26. The zero-order valence-electron chi connectivity index (χ0n) is 10.3. The van der Waals surface area contributed by atoms with E-state index in [0.717, 1.165) is 6.54 Å². The molecule has 0 fully saturated rings. The Bertz CT molecular complexity index is 407.